The molecular weight excluding hydrogens is 236 g/mol. The minimum atomic E-state index is 0.305. The van der Waals surface area contributed by atoms with Gasteiger partial charge in [-0.1, -0.05) is 34.6 Å². The maximum Gasteiger partial charge on any atom is 0.0589 e. The molecule has 1 unspecified atom stereocenters. The highest BCUT2D eigenvalue weighted by molar-refractivity contribution is 4.75. The summed E-state index contributed by atoms with van der Waals surface area (Å²) in [5.74, 6) is 0. The Morgan fingerprint density at radius 1 is 1.11 bits per heavy atom. The van der Waals surface area contributed by atoms with Gasteiger partial charge in [0, 0.05) is 25.7 Å². The topological polar surface area (TPSA) is 38.5 Å². The summed E-state index contributed by atoms with van der Waals surface area (Å²) in [4.78, 5) is 2.55. The third-order valence-electron chi connectivity index (χ3n) is 3.70. The molecule has 0 radical (unpaired) electrons. The van der Waals surface area contributed by atoms with E-state index < -0.39 is 0 Å². The number of ether oxygens (including phenoxy) is 1. The van der Waals surface area contributed by atoms with Crippen LogP contribution in [0.25, 0.3) is 0 Å². The number of hydrogen-bond donors (Lipinski definition) is 1. The van der Waals surface area contributed by atoms with Crippen LogP contribution in [-0.2, 0) is 4.74 Å². The predicted molar refractivity (Wildman–Crippen MR) is 84.5 cm³/mol. The molecule has 0 aromatic heterocycles. The van der Waals surface area contributed by atoms with Crippen LogP contribution in [-0.4, -0.2) is 43.8 Å². The zero-order chi connectivity index (χ0) is 14.9. The lowest BCUT2D eigenvalue weighted by molar-refractivity contribution is 0.111. The van der Waals surface area contributed by atoms with Gasteiger partial charge in [-0.25, -0.2) is 0 Å². The van der Waals surface area contributed by atoms with Gasteiger partial charge in [-0.3, -0.25) is 4.90 Å². The Kier molecular flexibility index (Phi) is 9.67. The van der Waals surface area contributed by atoms with E-state index >= 15 is 0 Å². The van der Waals surface area contributed by atoms with E-state index in [1.165, 1.54) is 12.8 Å². The fourth-order valence-electron chi connectivity index (χ4n) is 2.71. The first-order chi connectivity index (χ1) is 8.84. The van der Waals surface area contributed by atoms with E-state index in [-0.39, 0.29) is 0 Å². The Balaban J connectivity index is 4.24. The Hall–Kier alpha value is -0.120. The van der Waals surface area contributed by atoms with Crippen LogP contribution < -0.4 is 5.73 Å². The lowest BCUT2D eigenvalue weighted by atomic mass is 9.87. The molecule has 0 aliphatic rings. The summed E-state index contributed by atoms with van der Waals surface area (Å²) in [5.41, 5.74) is 6.59. The number of hydrogen-bond acceptors (Lipinski definition) is 3. The highest BCUT2D eigenvalue weighted by Gasteiger charge is 2.19. The number of nitrogens with two attached hydrogens (primary N) is 1. The molecule has 0 heterocycles. The van der Waals surface area contributed by atoms with Gasteiger partial charge in [-0.05, 0) is 37.6 Å². The molecule has 0 aliphatic carbocycles. The van der Waals surface area contributed by atoms with Crippen molar-refractivity contribution in [1.82, 2.24) is 4.90 Å². The molecule has 0 aromatic rings. The maximum absolute atomic E-state index is 6.26. The molecule has 0 saturated heterocycles. The van der Waals surface area contributed by atoms with Gasteiger partial charge in [0.15, 0.2) is 0 Å². The molecule has 116 valence electrons. The normalized spacial score (nSPS) is 14.4. The Morgan fingerprint density at radius 3 is 2.11 bits per heavy atom. The molecule has 0 amide bonds. The summed E-state index contributed by atoms with van der Waals surface area (Å²) in [5, 5.41) is 0. The van der Waals surface area contributed by atoms with Crippen molar-refractivity contribution < 1.29 is 4.74 Å². The average molecular weight is 272 g/mol. The molecule has 3 heteroatoms. The smallest absolute Gasteiger partial charge is 0.0589 e. The van der Waals surface area contributed by atoms with Crippen LogP contribution in [0.3, 0.4) is 0 Å². The minimum Gasteiger partial charge on any atom is -0.383 e. The molecule has 19 heavy (non-hydrogen) atoms. The summed E-state index contributed by atoms with van der Waals surface area (Å²) >= 11 is 0. The molecule has 0 fully saturated rings. The van der Waals surface area contributed by atoms with Gasteiger partial charge in [-0.15, -0.1) is 0 Å². The average Bonchev–Trinajstić information content (AvgIpc) is 2.30. The van der Waals surface area contributed by atoms with Crippen LogP contribution in [0, 0.1) is 5.41 Å². The van der Waals surface area contributed by atoms with Gasteiger partial charge in [0.05, 0.1) is 6.61 Å². The molecule has 2 N–H and O–H groups in total. The van der Waals surface area contributed by atoms with Crippen LogP contribution in [0.5, 0.6) is 0 Å². The van der Waals surface area contributed by atoms with Crippen LogP contribution in [0.15, 0.2) is 0 Å². The van der Waals surface area contributed by atoms with Crippen molar-refractivity contribution in [2.75, 3.05) is 26.8 Å². The third-order valence-corrected chi connectivity index (χ3v) is 3.70. The number of rotatable bonds is 10. The molecule has 0 rings (SSSR count). The van der Waals surface area contributed by atoms with Crippen LogP contribution in [0.1, 0.15) is 60.3 Å². The molecular formula is C16H36N2O. The zero-order valence-electron chi connectivity index (χ0n) is 14.0. The molecule has 3 nitrogen and oxygen atoms in total. The Labute approximate surface area is 120 Å². The Bertz CT molecular complexity index is 209. The highest BCUT2D eigenvalue weighted by atomic mass is 16.5. The molecule has 0 aromatic carbocycles. The quantitative estimate of drug-likeness (QED) is 0.663. The summed E-state index contributed by atoms with van der Waals surface area (Å²) < 4.78 is 5.23. The summed E-state index contributed by atoms with van der Waals surface area (Å²) in [6.07, 6.45) is 4.58. The van der Waals surface area contributed by atoms with E-state index in [0.29, 0.717) is 17.5 Å². The van der Waals surface area contributed by atoms with Crippen molar-refractivity contribution in [1.29, 1.82) is 0 Å². The third kappa shape index (κ3) is 9.42. The van der Waals surface area contributed by atoms with Crippen molar-refractivity contribution >= 4 is 0 Å². The van der Waals surface area contributed by atoms with E-state index in [1.54, 1.807) is 7.11 Å². The summed E-state index contributed by atoms with van der Waals surface area (Å²) in [6, 6.07) is 0.969. The number of methoxy groups -OCH3 is 1. The zero-order valence-corrected chi connectivity index (χ0v) is 14.0. The highest BCUT2D eigenvalue weighted by Crippen LogP contribution is 2.21. The predicted octanol–water partition coefficient (Wildman–Crippen LogP) is 3.28. The van der Waals surface area contributed by atoms with Gasteiger partial charge in [0.2, 0.25) is 0 Å². The van der Waals surface area contributed by atoms with Crippen molar-refractivity contribution in [3.05, 3.63) is 0 Å². The van der Waals surface area contributed by atoms with E-state index in [9.17, 15) is 0 Å². The van der Waals surface area contributed by atoms with E-state index in [2.05, 4.69) is 39.5 Å². The fourth-order valence-corrected chi connectivity index (χ4v) is 2.71. The van der Waals surface area contributed by atoms with E-state index in [4.69, 9.17) is 10.5 Å². The van der Waals surface area contributed by atoms with Crippen molar-refractivity contribution in [3.8, 4) is 0 Å². The second-order valence-electron chi connectivity index (χ2n) is 6.81. The standard InChI is InChI=1S/C16H36N2O/c1-7-15(8-2)18(11-12-19-6)10-9-14(17)13-16(3,4)5/h14-15H,7-13,17H2,1-6H3. The first kappa shape index (κ1) is 18.9. The second kappa shape index (κ2) is 9.73. The number of nitrogens with zero attached hydrogens (tertiary/aromatic N) is 1. The maximum atomic E-state index is 6.26. The molecule has 0 spiro atoms. The second-order valence-corrected chi connectivity index (χ2v) is 6.81. The molecule has 0 bridgehead atoms. The lowest BCUT2D eigenvalue weighted by Crippen LogP contribution is -2.40. The monoisotopic (exact) mass is 272 g/mol. The van der Waals surface area contributed by atoms with Gasteiger partial charge in [0.25, 0.3) is 0 Å². The molecule has 1 atom stereocenters. The van der Waals surface area contributed by atoms with Gasteiger partial charge in [-0.2, -0.15) is 0 Å². The lowest BCUT2D eigenvalue weighted by Gasteiger charge is -2.32. The largest absolute Gasteiger partial charge is 0.383 e. The van der Waals surface area contributed by atoms with Gasteiger partial charge >= 0.3 is 0 Å². The van der Waals surface area contributed by atoms with Crippen molar-refractivity contribution in [2.45, 2.75) is 72.4 Å². The van der Waals surface area contributed by atoms with E-state index in [0.717, 1.165) is 32.5 Å². The van der Waals surface area contributed by atoms with Crippen LogP contribution >= 0.6 is 0 Å². The molecule has 0 aliphatic heterocycles. The fraction of sp³-hybridized carbons (Fsp3) is 1.00. The van der Waals surface area contributed by atoms with Crippen molar-refractivity contribution in [3.63, 3.8) is 0 Å². The SMILES string of the molecule is CCC(CC)N(CCOC)CCC(N)CC(C)(C)C. The van der Waals surface area contributed by atoms with Gasteiger partial charge < -0.3 is 10.5 Å². The first-order valence-corrected chi connectivity index (χ1v) is 7.82. The first-order valence-electron chi connectivity index (χ1n) is 7.82. The summed E-state index contributed by atoms with van der Waals surface area (Å²) in [6.45, 7) is 14.2. The Morgan fingerprint density at radius 2 is 1.68 bits per heavy atom. The summed E-state index contributed by atoms with van der Waals surface area (Å²) in [7, 11) is 1.77. The van der Waals surface area contributed by atoms with Crippen molar-refractivity contribution in [2.24, 2.45) is 11.1 Å². The van der Waals surface area contributed by atoms with E-state index in [1.807, 2.05) is 0 Å². The molecule has 0 saturated carbocycles. The van der Waals surface area contributed by atoms with Crippen LogP contribution in [0.4, 0.5) is 0 Å². The van der Waals surface area contributed by atoms with Gasteiger partial charge in [0.1, 0.15) is 0 Å². The van der Waals surface area contributed by atoms with Crippen LogP contribution in [0.2, 0.25) is 0 Å². The minimum absolute atomic E-state index is 0.305.